The monoisotopic (exact) mass is 827 g/mol. The van der Waals surface area contributed by atoms with Crippen LogP contribution in [0, 0.1) is 0 Å². The zero-order valence-corrected chi connectivity index (χ0v) is 32.3. The maximum Gasteiger partial charge on any atom is 0.319 e. The maximum absolute atomic E-state index is 13.0. The van der Waals surface area contributed by atoms with Crippen molar-refractivity contribution in [3.05, 3.63) is 96.1 Å². The Morgan fingerprint density at radius 1 is 1.00 bits per heavy atom. The third kappa shape index (κ3) is 8.29. The summed E-state index contributed by atoms with van der Waals surface area (Å²) < 4.78 is 31.3. The Morgan fingerprint density at radius 3 is 2.37 bits per heavy atom. The summed E-state index contributed by atoms with van der Waals surface area (Å²) in [7, 11) is -3.97. The van der Waals surface area contributed by atoms with Gasteiger partial charge in [-0.15, -0.1) is 10.2 Å². The van der Waals surface area contributed by atoms with Gasteiger partial charge >= 0.3 is 6.03 Å². The fourth-order valence-electron chi connectivity index (χ4n) is 7.17. The van der Waals surface area contributed by atoms with Crippen LogP contribution in [0.2, 0.25) is 0 Å². The lowest BCUT2D eigenvalue weighted by Gasteiger charge is -2.22. The highest BCUT2D eigenvalue weighted by molar-refractivity contribution is 7.89. The number of aliphatic hydroxyl groups is 2. The molecule has 0 unspecified atom stereocenters. The number of amides is 2. The van der Waals surface area contributed by atoms with Gasteiger partial charge in [-0.25, -0.2) is 23.3 Å². The quantitative estimate of drug-likeness (QED) is 0.0868. The number of urea groups is 1. The number of phenolic OH excluding ortho intramolecular Hbond substituents is 2. The minimum absolute atomic E-state index is 0.106. The molecule has 59 heavy (non-hydrogen) atoms. The Kier molecular flexibility index (Phi) is 10.7. The van der Waals surface area contributed by atoms with Crippen molar-refractivity contribution >= 4 is 44.7 Å². The first kappa shape index (κ1) is 39.4. The van der Waals surface area contributed by atoms with Crippen LogP contribution in [0.25, 0.3) is 11.2 Å². The third-order valence-electron chi connectivity index (χ3n) is 10.2. The number of aromatic nitrogens is 8. The Morgan fingerprint density at radius 2 is 1.71 bits per heavy atom. The summed E-state index contributed by atoms with van der Waals surface area (Å²) in [5.74, 6) is 0.661. The molecular formula is C37H41N13O8S. The van der Waals surface area contributed by atoms with Crippen LogP contribution >= 0.6 is 0 Å². The molecule has 22 heteroatoms. The number of rotatable bonds is 12. The van der Waals surface area contributed by atoms with Crippen molar-refractivity contribution in [3.8, 4) is 11.5 Å². The molecule has 6 aromatic rings. The number of benzene rings is 3. The number of carbonyl (C=O) groups excluding carboxylic acids is 1. The Labute approximate surface area is 336 Å². The predicted octanol–water partition coefficient (Wildman–Crippen LogP) is 1.53. The van der Waals surface area contributed by atoms with Crippen LogP contribution in [0.4, 0.5) is 22.2 Å². The topological polar surface area (TPSA) is 294 Å². The summed E-state index contributed by atoms with van der Waals surface area (Å²) in [5, 5.41) is 68.9. The van der Waals surface area contributed by atoms with Gasteiger partial charge in [0.25, 0.3) is 0 Å². The minimum Gasteiger partial charge on any atom is -0.508 e. The standard InChI is InChI=1S/C37H41N13O8S/c1-2-50-46-33(45-47-50)31-29(53)30(54)35(58-31)49-19-40-28-32(39-17-27(20-6-10-24(51)11-7-20)21-8-12-25(52)13-9-21)43-36(44-34(28)49)48-15-14-23(18-48)42-37(55)41-22-4-3-5-26(16-22)59(38,56)57/h3-13,16,19,23,27,29-31,35,51-54H,2,14-15,17-18H2,1H3,(H2,38,56,57)(H,39,43,44)(H2,41,42,55)/t23-,29+,30-,31+,35-/m1/s1. The van der Waals surface area contributed by atoms with Gasteiger partial charge in [0.2, 0.25) is 21.8 Å². The van der Waals surface area contributed by atoms with Crippen LogP contribution in [0.3, 0.4) is 0 Å². The summed E-state index contributed by atoms with van der Waals surface area (Å²) in [4.78, 5) is 30.5. The zero-order chi connectivity index (χ0) is 41.4. The molecule has 2 aliphatic rings. The Bertz CT molecular complexity index is 2530. The minimum atomic E-state index is -3.97. The highest BCUT2D eigenvalue weighted by Crippen LogP contribution is 2.39. The van der Waals surface area contributed by atoms with Gasteiger partial charge in [-0.2, -0.15) is 14.8 Å². The normalized spacial score (nSPS) is 20.7. The van der Waals surface area contributed by atoms with E-state index >= 15 is 0 Å². The number of phenols is 2. The number of carbonyl (C=O) groups is 1. The van der Waals surface area contributed by atoms with Crippen molar-refractivity contribution < 1.29 is 38.4 Å². The second-order valence-corrected chi connectivity index (χ2v) is 15.7. The average molecular weight is 828 g/mol. The second-order valence-electron chi connectivity index (χ2n) is 14.2. The van der Waals surface area contributed by atoms with Crippen LogP contribution in [0.5, 0.6) is 11.5 Å². The summed E-state index contributed by atoms with van der Waals surface area (Å²) in [6.07, 6.45) is -3.13. The van der Waals surface area contributed by atoms with Crippen molar-refractivity contribution in [3.63, 3.8) is 0 Å². The summed E-state index contributed by atoms with van der Waals surface area (Å²) in [6, 6.07) is 18.3. The number of imidazole rings is 1. The predicted molar refractivity (Wildman–Crippen MR) is 211 cm³/mol. The van der Waals surface area contributed by atoms with E-state index in [9.17, 15) is 33.6 Å². The van der Waals surface area contributed by atoms with Crippen LogP contribution in [0.1, 0.15) is 48.5 Å². The Hall–Kier alpha value is -6.46. The number of nitrogens with two attached hydrogens (primary N) is 1. The van der Waals surface area contributed by atoms with Gasteiger partial charge in [-0.3, -0.25) is 4.57 Å². The molecule has 308 valence electrons. The average Bonchev–Trinajstić information content (AvgIpc) is 4.03. The van der Waals surface area contributed by atoms with Gasteiger partial charge in [-0.05, 0) is 72.1 Å². The second kappa shape index (κ2) is 16.1. The number of aromatic hydroxyl groups is 2. The van der Waals surface area contributed by atoms with Crippen LogP contribution in [-0.4, -0.2) is 112 Å². The number of ether oxygens (including phenoxy) is 1. The Balaban J connectivity index is 1.09. The van der Waals surface area contributed by atoms with E-state index in [-0.39, 0.29) is 58.0 Å². The number of nitrogens with zero attached hydrogens (tertiary/aromatic N) is 9. The number of sulfonamides is 1. The van der Waals surface area contributed by atoms with E-state index in [0.29, 0.717) is 37.4 Å². The number of primary sulfonamides is 1. The maximum atomic E-state index is 13.0. The number of aryl methyl sites for hydroxylation is 1. The van der Waals surface area contributed by atoms with Crippen molar-refractivity contribution in [2.45, 2.75) is 61.3 Å². The van der Waals surface area contributed by atoms with Gasteiger partial charge in [0.1, 0.15) is 23.7 Å². The third-order valence-corrected chi connectivity index (χ3v) is 11.1. The zero-order valence-electron chi connectivity index (χ0n) is 31.4. The van der Waals surface area contributed by atoms with Gasteiger partial charge in [0, 0.05) is 37.3 Å². The molecule has 5 atom stereocenters. The van der Waals surface area contributed by atoms with E-state index in [2.05, 4.69) is 36.3 Å². The molecule has 5 heterocycles. The van der Waals surface area contributed by atoms with Crippen LogP contribution < -0.4 is 26.0 Å². The van der Waals surface area contributed by atoms with Crippen molar-refractivity contribution in [2.75, 3.05) is 35.2 Å². The number of hydrogen-bond donors (Lipinski definition) is 8. The van der Waals surface area contributed by atoms with Crippen molar-refractivity contribution in [1.29, 1.82) is 0 Å². The number of anilines is 3. The molecule has 0 saturated carbocycles. The molecule has 2 aliphatic heterocycles. The molecule has 0 aliphatic carbocycles. The number of fused-ring (bicyclic) bond motifs is 1. The fourth-order valence-corrected chi connectivity index (χ4v) is 7.72. The molecule has 2 saturated heterocycles. The lowest BCUT2D eigenvalue weighted by Crippen LogP contribution is -2.40. The summed E-state index contributed by atoms with van der Waals surface area (Å²) >= 11 is 0. The van der Waals surface area contributed by atoms with E-state index < -0.39 is 40.6 Å². The lowest BCUT2D eigenvalue weighted by atomic mass is 9.91. The first-order valence-corrected chi connectivity index (χ1v) is 20.2. The highest BCUT2D eigenvalue weighted by atomic mass is 32.2. The molecule has 21 nitrogen and oxygen atoms in total. The number of tetrazole rings is 1. The molecule has 8 rings (SSSR count). The van der Waals surface area contributed by atoms with Gasteiger partial charge in [0.15, 0.2) is 29.3 Å². The van der Waals surface area contributed by atoms with Crippen molar-refractivity contribution in [1.82, 2.24) is 45.0 Å². The lowest BCUT2D eigenvalue weighted by molar-refractivity contribution is -0.0384. The first-order chi connectivity index (χ1) is 28.3. The van der Waals surface area contributed by atoms with E-state index in [0.717, 1.165) is 11.1 Å². The van der Waals surface area contributed by atoms with E-state index in [1.165, 1.54) is 33.9 Å². The molecule has 9 N–H and O–H groups in total. The molecule has 3 aromatic carbocycles. The van der Waals surface area contributed by atoms with Crippen molar-refractivity contribution in [2.24, 2.45) is 5.14 Å². The fraction of sp³-hybridized carbons (Fsp3) is 0.324. The summed E-state index contributed by atoms with van der Waals surface area (Å²) in [5.41, 5.74) is 2.60. The van der Waals surface area contributed by atoms with E-state index in [1.54, 1.807) is 30.3 Å². The summed E-state index contributed by atoms with van der Waals surface area (Å²) in [6.45, 7) is 3.30. The smallest absolute Gasteiger partial charge is 0.319 e. The van der Waals surface area contributed by atoms with Gasteiger partial charge in [-0.1, -0.05) is 30.3 Å². The highest BCUT2D eigenvalue weighted by Gasteiger charge is 2.47. The molecular weight excluding hydrogens is 787 g/mol. The molecule has 2 fully saturated rings. The number of aliphatic hydroxyl groups excluding tert-OH is 2. The molecule has 3 aromatic heterocycles. The molecule has 0 bridgehead atoms. The molecule has 2 amide bonds. The first-order valence-electron chi connectivity index (χ1n) is 18.7. The molecule has 0 spiro atoms. The number of hydrogen-bond acceptors (Lipinski definition) is 16. The largest absolute Gasteiger partial charge is 0.508 e. The van der Waals surface area contributed by atoms with Crippen LogP contribution in [0.15, 0.2) is 84.0 Å². The van der Waals surface area contributed by atoms with Gasteiger partial charge < -0.3 is 46.0 Å². The van der Waals surface area contributed by atoms with E-state index in [1.807, 2.05) is 36.1 Å². The van der Waals surface area contributed by atoms with E-state index in [4.69, 9.17) is 19.8 Å². The molecule has 0 radical (unpaired) electrons. The van der Waals surface area contributed by atoms with Gasteiger partial charge in [0.05, 0.1) is 17.8 Å². The van der Waals surface area contributed by atoms with Crippen LogP contribution in [-0.2, 0) is 21.3 Å². The SMILES string of the molecule is CCn1nnc([C@H]2O[C@@H](n3cnc4c(NCC(c5ccc(O)cc5)c5ccc(O)cc5)nc(N5CC[C@@H](NC(=O)Nc6cccc(S(N)(=O)=O)c6)C5)nc43)[C@H](O)[C@@H]2O)n1. The number of nitrogens with one attached hydrogen (secondary N) is 3.